The molecule has 0 atom stereocenters. The summed E-state index contributed by atoms with van der Waals surface area (Å²) in [5.41, 5.74) is 0.389. The Balaban J connectivity index is 0.00000312. The predicted octanol–water partition coefficient (Wildman–Crippen LogP) is 1.03. The van der Waals surface area contributed by atoms with Crippen LogP contribution in [0.25, 0.3) is 0 Å². The van der Waals surface area contributed by atoms with Crippen molar-refractivity contribution >= 4 is 40.0 Å². The molecule has 0 saturated carbocycles. The Morgan fingerprint density at radius 2 is 1.92 bits per heavy atom. The minimum Gasteiger partial charge on any atom is -0.454 e. The molecular formula is C15H25IN4O4S. The van der Waals surface area contributed by atoms with Crippen LogP contribution in [0.5, 0.6) is 11.5 Å². The van der Waals surface area contributed by atoms with Gasteiger partial charge < -0.3 is 20.1 Å². The second-order valence-corrected chi connectivity index (χ2v) is 7.97. The molecule has 1 heterocycles. The zero-order chi connectivity index (χ0) is 17.8. The van der Waals surface area contributed by atoms with E-state index < -0.39 is 15.6 Å². The van der Waals surface area contributed by atoms with E-state index in [9.17, 15) is 8.42 Å². The third-order valence-electron chi connectivity index (χ3n) is 3.28. The Labute approximate surface area is 165 Å². The number of guanidine groups is 1. The lowest BCUT2D eigenvalue weighted by Gasteiger charge is -2.26. The van der Waals surface area contributed by atoms with Crippen LogP contribution in [-0.4, -0.2) is 46.6 Å². The number of hydrogen-bond donors (Lipinski definition) is 3. The molecule has 3 N–H and O–H groups in total. The smallest absolute Gasteiger partial charge is 0.231 e. The maximum Gasteiger partial charge on any atom is 0.231 e. The Morgan fingerprint density at radius 1 is 1.24 bits per heavy atom. The van der Waals surface area contributed by atoms with Gasteiger partial charge in [0.15, 0.2) is 17.5 Å². The summed E-state index contributed by atoms with van der Waals surface area (Å²) in [6, 6.07) is 5.73. The van der Waals surface area contributed by atoms with Crippen LogP contribution in [0.2, 0.25) is 0 Å². The topological polar surface area (TPSA) is 101 Å². The van der Waals surface area contributed by atoms with Crippen LogP contribution < -0.4 is 24.8 Å². The molecule has 0 radical (unpaired) electrons. The van der Waals surface area contributed by atoms with Gasteiger partial charge in [-0.1, -0.05) is 6.07 Å². The van der Waals surface area contributed by atoms with Crippen LogP contribution in [0, 0.1) is 0 Å². The molecule has 0 unspecified atom stereocenters. The van der Waals surface area contributed by atoms with E-state index in [1.807, 2.05) is 18.2 Å². The maximum atomic E-state index is 11.4. The van der Waals surface area contributed by atoms with Gasteiger partial charge in [0.25, 0.3) is 0 Å². The maximum absolute atomic E-state index is 11.4. The highest BCUT2D eigenvalue weighted by Crippen LogP contribution is 2.32. The van der Waals surface area contributed by atoms with Crippen molar-refractivity contribution in [2.45, 2.75) is 25.9 Å². The lowest BCUT2D eigenvalue weighted by Crippen LogP contribution is -2.52. The molecular weight excluding hydrogens is 459 g/mol. The number of ether oxygens (including phenoxy) is 2. The molecule has 0 aliphatic carbocycles. The average molecular weight is 484 g/mol. The Hall–Kier alpha value is -1.27. The standard InChI is InChI=1S/C15H24N4O4S.HI/c1-15(2,19-24(4,20)21)9-18-14(16-3)17-8-11-5-6-12-13(7-11)23-10-22-12;/h5-7,19H,8-10H2,1-4H3,(H2,16,17,18);1H. The normalized spacial score (nSPS) is 14.0. The largest absolute Gasteiger partial charge is 0.454 e. The van der Waals surface area contributed by atoms with Crippen molar-refractivity contribution in [3.05, 3.63) is 23.8 Å². The third-order valence-corrected chi connectivity index (χ3v) is 4.20. The molecule has 25 heavy (non-hydrogen) atoms. The summed E-state index contributed by atoms with van der Waals surface area (Å²) in [5.74, 6) is 2.06. The third kappa shape index (κ3) is 7.24. The summed E-state index contributed by atoms with van der Waals surface area (Å²) in [5, 5.41) is 6.29. The number of fused-ring (bicyclic) bond motifs is 1. The number of sulfonamides is 1. The molecule has 8 nitrogen and oxygen atoms in total. The van der Waals surface area contributed by atoms with Crippen molar-refractivity contribution in [3.8, 4) is 11.5 Å². The van der Waals surface area contributed by atoms with Gasteiger partial charge in [0, 0.05) is 25.7 Å². The summed E-state index contributed by atoms with van der Waals surface area (Å²) in [6.45, 7) is 4.79. The highest BCUT2D eigenvalue weighted by atomic mass is 127. The first-order valence-corrected chi connectivity index (χ1v) is 9.40. The molecule has 0 bridgehead atoms. The van der Waals surface area contributed by atoms with E-state index in [2.05, 4.69) is 20.3 Å². The average Bonchev–Trinajstić information content (AvgIpc) is 2.92. The first-order valence-electron chi connectivity index (χ1n) is 7.50. The van der Waals surface area contributed by atoms with Crippen LogP contribution in [0.3, 0.4) is 0 Å². The van der Waals surface area contributed by atoms with E-state index in [1.54, 1.807) is 20.9 Å². The molecule has 1 aromatic rings. The number of benzene rings is 1. The van der Waals surface area contributed by atoms with Crippen LogP contribution in [-0.2, 0) is 16.6 Å². The van der Waals surface area contributed by atoms with E-state index in [4.69, 9.17) is 9.47 Å². The summed E-state index contributed by atoms with van der Waals surface area (Å²) < 4.78 is 35.9. The summed E-state index contributed by atoms with van der Waals surface area (Å²) in [7, 11) is -1.61. The van der Waals surface area contributed by atoms with Crippen LogP contribution in [0.4, 0.5) is 0 Å². The van der Waals surface area contributed by atoms with Gasteiger partial charge in [0.1, 0.15) is 0 Å². The Kier molecular flexibility index (Phi) is 7.75. The van der Waals surface area contributed by atoms with Crippen molar-refractivity contribution in [2.24, 2.45) is 4.99 Å². The fourth-order valence-corrected chi connectivity index (χ4v) is 3.38. The Bertz CT molecular complexity index is 722. The van der Waals surface area contributed by atoms with Gasteiger partial charge in [-0.25, -0.2) is 13.1 Å². The predicted molar refractivity (Wildman–Crippen MR) is 108 cm³/mol. The first kappa shape index (κ1) is 21.8. The van der Waals surface area contributed by atoms with Crippen LogP contribution >= 0.6 is 24.0 Å². The summed E-state index contributed by atoms with van der Waals surface area (Å²) >= 11 is 0. The fraction of sp³-hybridized carbons (Fsp3) is 0.533. The highest BCUT2D eigenvalue weighted by molar-refractivity contribution is 14.0. The van der Waals surface area contributed by atoms with Gasteiger partial charge in [-0.15, -0.1) is 24.0 Å². The second-order valence-electron chi connectivity index (χ2n) is 6.23. The lowest BCUT2D eigenvalue weighted by molar-refractivity contribution is 0.174. The van der Waals surface area contributed by atoms with E-state index in [0.29, 0.717) is 19.0 Å². The highest BCUT2D eigenvalue weighted by Gasteiger charge is 2.22. The molecule has 1 aliphatic heterocycles. The molecule has 0 spiro atoms. The van der Waals surface area contributed by atoms with E-state index in [-0.39, 0.29) is 30.8 Å². The van der Waals surface area contributed by atoms with Gasteiger partial charge in [0.2, 0.25) is 16.8 Å². The number of hydrogen-bond acceptors (Lipinski definition) is 5. The van der Waals surface area contributed by atoms with Crippen molar-refractivity contribution in [1.29, 1.82) is 0 Å². The SMILES string of the molecule is CN=C(NCc1ccc2c(c1)OCO2)NCC(C)(C)NS(C)(=O)=O.I. The van der Waals surface area contributed by atoms with E-state index in [0.717, 1.165) is 23.3 Å². The molecule has 10 heteroatoms. The zero-order valence-electron chi connectivity index (χ0n) is 14.8. The van der Waals surface area contributed by atoms with Gasteiger partial charge in [-0.3, -0.25) is 4.99 Å². The minimum absolute atomic E-state index is 0. The molecule has 2 rings (SSSR count). The lowest BCUT2D eigenvalue weighted by atomic mass is 10.1. The molecule has 1 aliphatic rings. The number of nitrogens with zero attached hydrogens (tertiary/aromatic N) is 1. The van der Waals surface area contributed by atoms with Crippen molar-refractivity contribution in [1.82, 2.24) is 15.4 Å². The zero-order valence-corrected chi connectivity index (χ0v) is 17.9. The molecule has 0 fully saturated rings. The monoisotopic (exact) mass is 484 g/mol. The van der Waals surface area contributed by atoms with Gasteiger partial charge >= 0.3 is 0 Å². The van der Waals surface area contributed by atoms with E-state index in [1.165, 1.54) is 0 Å². The number of rotatable bonds is 6. The fourth-order valence-electron chi connectivity index (χ4n) is 2.30. The molecule has 1 aromatic carbocycles. The van der Waals surface area contributed by atoms with Crippen molar-refractivity contribution in [3.63, 3.8) is 0 Å². The number of nitrogens with one attached hydrogen (secondary N) is 3. The van der Waals surface area contributed by atoms with Crippen molar-refractivity contribution < 1.29 is 17.9 Å². The minimum atomic E-state index is -3.27. The van der Waals surface area contributed by atoms with Crippen molar-refractivity contribution in [2.75, 3.05) is 26.6 Å². The second kappa shape index (κ2) is 8.90. The quantitative estimate of drug-likeness (QED) is 0.317. The Morgan fingerprint density at radius 3 is 2.56 bits per heavy atom. The molecule has 0 aromatic heterocycles. The molecule has 0 saturated heterocycles. The first-order chi connectivity index (χ1) is 11.2. The number of halogens is 1. The van der Waals surface area contributed by atoms with Crippen LogP contribution in [0.1, 0.15) is 19.4 Å². The van der Waals surface area contributed by atoms with Gasteiger partial charge in [-0.05, 0) is 31.5 Å². The van der Waals surface area contributed by atoms with Gasteiger partial charge in [-0.2, -0.15) is 0 Å². The summed E-state index contributed by atoms with van der Waals surface area (Å²) in [6.07, 6.45) is 1.14. The number of aliphatic imine (C=N–C) groups is 1. The van der Waals surface area contributed by atoms with Crippen LogP contribution in [0.15, 0.2) is 23.2 Å². The molecule has 142 valence electrons. The van der Waals surface area contributed by atoms with E-state index >= 15 is 0 Å². The van der Waals surface area contributed by atoms with Gasteiger partial charge in [0.05, 0.1) is 6.26 Å². The molecule has 0 amide bonds. The summed E-state index contributed by atoms with van der Waals surface area (Å²) in [4.78, 5) is 4.14.